The smallest absolute Gasteiger partial charge is 0.263 e. The zero-order valence-corrected chi connectivity index (χ0v) is 19.0. The Bertz CT molecular complexity index is 1090. The van der Waals surface area contributed by atoms with Gasteiger partial charge < -0.3 is 10.6 Å². The summed E-state index contributed by atoms with van der Waals surface area (Å²) in [5.41, 5.74) is 2.83. The van der Waals surface area contributed by atoms with E-state index in [1.807, 2.05) is 19.9 Å². The first-order valence-electron chi connectivity index (χ1n) is 9.16. The monoisotopic (exact) mass is 466 g/mol. The molecule has 3 aromatic rings. The summed E-state index contributed by atoms with van der Waals surface area (Å²) in [4.78, 5) is 29.2. The fourth-order valence-corrected chi connectivity index (χ4v) is 3.96. The van der Waals surface area contributed by atoms with Gasteiger partial charge in [-0.25, -0.2) is 9.67 Å². The molecule has 2 amide bonds. The van der Waals surface area contributed by atoms with E-state index >= 15 is 0 Å². The average molecular weight is 467 g/mol. The van der Waals surface area contributed by atoms with Crippen LogP contribution in [0, 0.1) is 13.8 Å². The molecule has 0 aliphatic heterocycles. The molecule has 30 heavy (non-hydrogen) atoms. The van der Waals surface area contributed by atoms with Gasteiger partial charge in [0.05, 0.1) is 40.1 Å². The maximum absolute atomic E-state index is 12.4. The molecule has 0 atom stereocenters. The van der Waals surface area contributed by atoms with Gasteiger partial charge >= 0.3 is 0 Å². The minimum Gasteiger partial charge on any atom is -0.352 e. The summed E-state index contributed by atoms with van der Waals surface area (Å²) in [7, 11) is 0. The van der Waals surface area contributed by atoms with E-state index < -0.39 is 0 Å². The Morgan fingerprint density at radius 1 is 1.20 bits per heavy atom. The third-order valence-electron chi connectivity index (χ3n) is 4.31. The van der Waals surface area contributed by atoms with Crippen LogP contribution in [0.1, 0.15) is 39.2 Å². The van der Waals surface area contributed by atoms with Crippen LogP contribution in [0.3, 0.4) is 0 Å². The summed E-state index contributed by atoms with van der Waals surface area (Å²) >= 11 is 13.2. The predicted octanol–water partition coefficient (Wildman–Crippen LogP) is 3.64. The van der Waals surface area contributed by atoms with E-state index in [0.29, 0.717) is 44.5 Å². The Morgan fingerprint density at radius 3 is 2.67 bits per heavy atom. The topological polar surface area (TPSA) is 102 Å². The molecule has 1 aromatic carbocycles. The number of aromatic nitrogens is 4. The lowest BCUT2D eigenvalue weighted by molar-refractivity contribution is -0.115. The number of carbonyl (C=O) groups is 2. The minimum atomic E-state index is -0.282. The molecule has 8 nitrogen and oxygen atoms in total. The van der Waals surface area contributed by atoms with Crippen molar-refractivity contribution in [3.05, 3.63) is 55.8 Å². The van der Waals surface area contributed by atoms with Gasteiger partial charge in [0.25, 0.3) is 5.91 Å². The molecule has 2 aromatic heterocycles. The summed E-state index contributed by atoms with van der Waals surface area (Å²) in [6.07, 6.45) is 0.0440. The number of hydrogen-bond acceptors (Lipinski definition) is 6. The van der Waals surface area contributed by atoms with Crippen LogP contribution in [0.15, 0.2) is 18.2 Å². The highest BCUT2D eigenvalue weighted by Gasteiger charge is 2.18. The molecule has 0 aliphatic rings. The van der Waals surface area contributed by atoms with Crippen molar-refractivity contribution in [1.82, 2.24) is 25.3 Å². The molecule has 0 saturated heterocycles. The molecule has 0 unspecified atom stereocenters. The van der Waals surface area contributed by atoms with E-state index in [2.05, 4.69) is 25.9 Å². The lowest BCUT2D eigenvalue weighted by Crippen LogP contribution is -2.22. The molecular formula is C19H20Cl2N6O2S. The normalized spacial score (nSPS) is 10.8. The van der Waals surface area contributed by atoms with Crippen molar-refractivity contribution in [2.75, 3.05) is 11.9 Å². The van der Waals surface area contributed by atoms with E-state index in [9.17, 15) is 9.59 Å². The van der Waals surface area contributed by atoms with Crippen molar-refractivity contribution in [3.8, 4) is 0 Å². The standard InChI is InChI=1S/C19H20Cl2N6O2S/c1-4-22-18(29)17-10(2)23-19(30-17)24-16(28)8-15-11(3)27(26-25-15)9-12-5-6-13(20)14(21)7-12/h5-7H,4,8-9H2,1-3H3,(H,22,29)(H,23,24,28). The van der Waals surface area contributed by atoms with Gasteiger partial charge in [-0.15, -0.1) is 5.10 Å². The summed E-state index contributed by atoms with van der Waals surface area (Å²) in [6, 6.07) is 5.36. The zero-order chi connectivity index (χ0) is 21.8. The first kappa shape index (κ1) is 22.2. The highest BCUT2D eigenvalue weighted by Crippen LogP contribution is 2.24. The molecule has 3 rings (SSSR count). The average Bonchev–Trinajstić information content (AvgIpc) is 3.21. The Labute approximate surface area is 187 Å². The molecule has 11 heteroatoms. The predicted molar refractivity (Wildman–Crippen MR) is 118 cm³/mol. The third kappa shape index (κ3) is 5.16. The van der Waals surface area contributed by atoms with E-state index in [1.54, 1.807) is 23.7 Å². The number of amides is 2. The molecule has 0 radical (unpaired) electrons. The van der Waals surface area contributed by atoms with Gasteiger partial charge in [0.1, 0.15) is 4.88 Å². The summed E-state index contributed by atoms with van der Waals surface area (Å²) < 4.78 is 1.70. The van der Waals surface area contributed by atoms with Crippen LogP contribution in [0.2, 0.25) is 10.0 Å². The lowest BCUT2D eigenvalue weighted by atomic mass is 10.2. The van der Waals surface area contributed by atoms with Crippen LogP contribution < -0.4 is 10.6 Å². The van der Waals surface area contributed by atoms with Crippen LogP contribution in [0.5, 0.6) is 0 Å². The van der Waals surface area contributed by atoms with E-state index in [4.69, 9.17) is 23.2 Å². The van der Waals surface area contributed by atoms with Crippen molar-refractivity contribution in [1.29, 1.82) is 0 Å². The Kier molecular flexibility index (Phi) is 7.06. The van der Waals surface area contributed by atoms with Crippen molar-refractivity contribution < 1.29 is 9.59 Å². The number of benzene rings is 1. The van der Waals surface area contributed by atoms with Crippen molar-refractivity contribution in [2.45, 2.75) is 33.7 Å². The van der Waals surface area contributed by atoms with Crippen LogP contribution >= 0.6 is 34.5 Å². The number of nitrogens with one attached hydrogen (secondary N) is 2. The number of nitrogens with zero attached hydrogens (tertiary/aromatic N) is 4. The number of aryl methyl sites for hydroxylation is 1. The second-order valence-electron chi connectivity index (χ2n) is 6.55. The number of carbonyl (C=O) groups excluding carboxylic acids is 2. The quantitative estimate of drug-likeness (QED) is 0.553. The highest BCUT2D eigenvalue weighted by molar-refractivity contribution is 7.17. The minimum absolute atomic E-state index is 0.0440. The van der Waals surface area contributed by atoms with Crippen molar-refractivity contribution >= 4 is 51.5 Å². The fraction of sp³-hybridized carbons (Fsp3) is 0.316. The van der Waals surface area contributed by atoms with E-state index in [-0.39, 0.29) is 18.2 Å². The molecule has 0 saturated carbocycles. The van der Waals surface area contributed by atoms with Crippen molar-refractivity contribution in [3.63, 3.8) is 0 Å². The first-order valence-corrected chi connectivity index (χ1v) is 10.7. The maximum Gasteiger partial charge on any atom is 0.263 e. The maximum atomic E-state index is 12.4. The molecular weight excluding hydrogens is 447 g/mol. The largest absolute Gasteiger partial charge is 0.352 e. The molecule has 0 bridgehead atoms. The second kappa shape index (κ2) is 9.55. The molecule has 0 aliphatic carbocycles. The van der Waals surface area contributed by atoms with Gasteiger partial charge in [-0.1, -0.05) is 45.8 Å². The first-order chi connectivity index (χ1) is 14.3. The lowest BCUT2D eigenvalue weighted by Gasteiger charge is -2.06. The van der Waals surface area contributed by atoms with Crippen LogP contribution in [0.4, 0.5) is 5.13 Å². The Balaban J connectivity index is 1.65. The summed E-state index contributed by atoms with van der Waals surface area (Å²) in [5.74, 6) is -0.482. The number of rotatable bonds is 7. The highest BCUT2D eigenvalue weighted by atomic mass is 35.5. The Hall–Kier alpha value is -2.49. The van der Waals surface area contributed by atoms with E-state index in [0.717, 1.165) is 22.6 Å². The summed E-state index contributed by atoms with van der Waals surface area (Å²) in [5, 5.41) is 15.0. The van der Waals surface area contributed by atoms with Gasteiger partial charge in [0.2, 0.25) is 5.91 Å². The molecule has 2 N–H and O–H groups in total. The van der Waals surface area contributed by atoms with Gasteiger partial charge in [-0.05, 0) is 38.5 Å². The van der Waals surface area contributed by atoms with Crippen LogP contribution in [0.25, 0.3) is 0 Å². The summed E-state index contributed by atoms with van der Waals surface area (Å²) in [6.45, 7) is 6.40. The Morgan fingerprint density at radius 2 is 1.97 bits per heavy atom. The molecule has 2 heterocycles. The van der Waals surface area contributed by atoms with E-state index in [1.165, 1.54) is 0 Å². The zero-order valence-electron chi connectivity index (χ0n) is 16.6. The molecule has 0 fully saturated rings. The van der Waals surface area contributed by atoms with Crippen molar-refractivity contribution in [2.24, 2.45) is 0 Å². The molecule has 0 spiro atoms. The third-order valence-corrected chi connectivity index (χ3v) is 6.12. The number of hydrogen-bond donors (Lipinski definition) is 2. The molecule has 158 valence electrons. The van der Waals surface area contributed by atoms with Gasteiger partial charge in [0, 0.05) is 6.54 Å². The van der Waals surface area contributed by atoms with Gasteiger partial charge in [-0.2, -0.15) is 0 Å². The second-order valence-corrected chi connectivity index (χ2v) is 8.36. The SMILES string of the molecule is CCNC(=O)c1sc(NC(=O)Cc2nnn(Cc3ccc(Cl)c(Cl)c3)c2C)nc1C. The fourth-order valence-electron chi connectivity index (χ4n) is 2.74. The van der Waals surface area contributed by atoms with Crippen LogP contribution in [-0.2, 0) is 17.8 Å². The number of thiazole rings is 1. The van der Waals surface area contributed by atoms with Gasteiger partial charge in [-0.3, -0.25) is 9.59 Å². The number of halogens is 2. The van der Waals surface area contributed by atoms with Crippen LogP contribution in [-0.4, -0.2) is 38.3 Å². The van der Waals surface area contributed by atoms with Gasteiger partial charge in [0.15, 0.2) is 5.13 Å². The number of anilines is 1.